The van der Waals surface area contributed by atoms with Gasteiger partial charge in [0.2, 0.25) is 11.4 Å². The van der Waals surface area contributed by atoms with Gasteiger partial charge in [-0.15, -0.1) is 0 Å². The van der Waals surface area contributed by atoms with Gasteiger partial charge >= 0.3 is 35.5 Å². The van der Waals surface area contributed by atoms with Gasteiger partial charge in [-0.05, 0) is 6.92 Å². The standard InChI is InChI=1S/C14H17N5O3.Na/c1-2-18-8-10(13(21)22)11(20)9-7-16-14(17-12(9)18)19-5-3-15-4-6-19;/h7-8,15H,2-6H2,1H3,(H,21,22);/q;+1. The van der Waals surface area contributed by atoms with Crippen molar-refractivity contribution < 1.29 is 39.5 Å². The molecule has 0 aliphatic carbocycles. The van der Waals surface area contributed by atoms with Gasteiger partial charge in [-0.1, -0.05) is 0 Å². The third kappa shape index (κ3) is 3.40. The normalized spacial score (nSPS) is 14.6. The molecule has 0 unspecified atom stereocenters. The number of carboxylic acid groups (broad SMARTS) is 1. The van der Waals surface area contributed by atoms with E-state index in [4.69, 9.17) is 5.11 Å². The van der Waals surface area contributed by atoms with Crippen molar-refractivity contribution in [2.45, 2.75) is 13.5 Å². The van der Waals surface area contributed by atoms with Crippen LogP contribution in [0.1, 0.15) is 17.3 Å². The van der Waals surface area contributed by atoms with Gasteiger partial charge in [-0.2, -0.15) is 4.98 Å². The molecule has 0 radical (unpaired) electrons. The Bertz CT molecular complexity index is 786. The first-order valence-electron chi connectivity index (χ1n) is 7.21. The van der Waals surface area contributed by atoms with E-state index in [0.29, 0.717) is 18.1 Å². The maximum Gasteiger partial charge on any atom is 1.00 e. The van der Waals surface area contributed by atoms with Gasteiger partial charge in [0.05, 0.1) is 5.39 Å². The number of hydrogen-bond acceptors (Lipinski definition) is 6. The number of pyridine rings is 1. The molecule has 1 aliphatic heterocycles. The fourth-order valence-electron chi connectivity index (χ4n) is 2.57. The molecule has 0 atom stereocenters. The average molecular weight is 326 g/mol. The van der Waals surface area contributed by atoms with E-state index < -0.39 is 11.4 Å². The smallest absolute Gasteiger partial charge is 0.477 e. The number of rotatable bonds is 3. The summed E-state index contributed by atoms with van der Waals surface area (Å²) in [6.45, 7) is 5.72. The summed E-state index contributed by atoms with van der Waals surface area (Å²) in [4.78, 5) is 34.2. The van der Waals surface area contributed by atoms with Crippen LogP contribution in [0.4, 0.5) is 5.95 Å². The molecule has 116 valence electrons. The summed E-state index contributed by atoms with van der Waals surface area (Å²) in [5.74, 6) is -0.668. The molecule has 2 aromatic rings. The van der Waals surface area contributed by atoms with Gasteiger partial charge in [0.1, 0.15) is 11.2 Å². The minimum absolute atomic E-state index is 0. The summed E-state index contributed by atoms with van der Waals surface area (Å²) in [5.41, 5.74) is -0.326. The Morgan fingerprint density at radius 2 is 2.09 bits per heavy atom. The second kappa shape index (κ2) is 7.39. The Balaban J connectivity index is 0.00000192. The summed E-state index contributed by atoms with van der Waals surface area (Å²) in [7, 11) is 0. The van der Waals surface area contributed by atoms with E-state index in [-0.39, 0.29) is 40.5 Å². The number of nitrogens with zero attached hydrogens (tertiary/aromatic N) is 4. The summed E-state index contributed by atoms with van der Waals surface area (Å²) < 4.78 is 1.67. The molecule has 1 saturated heterocycles. The molecule has 0 bridgehead atoms. The predicted octanol–water partition coefficient (Wildman–Crippen LogP) is -3.08. The Kier molecular flexibility index (Phi) is 5.74. The van der Waals surface area contributed by atoms with Crippen LogP contribution in [0.5, 0.6) is 0 Å². The first-order valence-corrected chi connectivity index (χ1v) is 7.21. The zero-order valence-corrected chi connectivity index (χ0v) is 15.2. The number of carboxylic acids is 1. The number of aryl methyl sites for hydroxylation is 1. The zero-order chi connectivity index (χ0) is 15.7. The average Bonchev–Trinajstić information content (AvgIpc) is 2.55. The van der Waals surface area contributed by atoms with Crippen molar-refractivity contribution in [3.63, 3.8) is 0 Å². The van der Waals surface area contributed by atoms with Crippen molar-refractivity contribution in [3.05, 3.63) is 28.2 Å². The molecule has 0 aromatic carbocycles. The van der Waals surface area contributed by atoms with E-state index >= 15 is 0 Å². The molecule has 3 heterocycles. The summed E-state index contributed by atoms with van der Waals surface area (Å²) in [6, 6.07) is 0. The molecular weight excluding hydrogens is 309 g/mol. The molecule has 0 amide bonds. The number of aromatic carboxylic acids is 1. The Morgan fingerprint density at radius 3 is 2.70 bits per heavy atom. The van der Waals surface area contributed by atoms with Crippen LogP contribution in [0, 0.1) is 0 Å². The predicted molar refractivity (Wildman–Crippen MR) is 81.5 cm³/mol. The molecule has 8 nitrogen and oxygen atoms in total. The molecule has 1 aliphatic rings. The molecular formula is C14H17N5NaO3+. The van der Waals surface area contributed by atoms with E-state index in [0.717, 1.165) is 26.2 Å². The largest absolute Gasteiger partial charge is 1.00 e. The zero-order valence-electron chi connectivity index (χ0n) is 13.2. The Morgan fingerprint density at radius 1 is 1.39 bits per heavy atom. The Hall–Kier alpha value is -1.48. The van der Waals surface area contributed by atoms with Gasteiger partial charge in [0.15, 0.2) is 0 Å². The van der Waals surface area contributed by atoms with Crippen LogP contribution in [0.2, 0.25) is 0 Å². The minimum atomic E-state index is -1.24. The van der Waals surface area contributed by atoms with Gasteiger partial charge in [0.25, 0.3) is 0 Å². The summed E-state index contributed by atoms with van der Waals surface area (Å²) in [6.07, 6.45) is 2.78. The van der Waals surface area contributed by atoms with Gasteiger partial charge < -0.3 is 19.9 Å². The van der Waals surface area contributed by atoms with E-state index in [2.05, 4.69) is 15.3 Å². The van der Waals surface area contributed by atoms with Crippen LogP contribution in [-0.2, 0) is 6.54 Å². The van der Waals surface area contributed by atoms with Crippen LogP contribution in [0.25, 0.3) is 11.0 Å². The van der Waals surface area contributed by atoms with Crippen molar-refractivity contribution in [2.75, 3.05) is 31.1 Å². The first kappa shape index (κ1) is 17.9. The monoisotopic (exact) mass is 326 g/mol. The van der Waals surface area contributed by atoms with Crippen molar-refractivity contribution in [3.8, 4) is 0 Å². The molecule has 9 heteroatoms. The number of hydrogen-bond donors (Lipinski definition) is 2. The maximum absolute atomic E-state index is 12.2. The second-order valence-electron chi connectivity index (χ2n) is 5.11. The van der Waals surface area contributed by atoms with Crippen molar-refractivity contribution in [2.24, 2.45) is 0 Å². The van der Waals surface area contributed by atoms with Crippen LogP contribution in [0.15, 0.2) is 17.2 Å². The van der Waals surface area contributed by atoms with Gasteiger partial charge in [-0.3, -0.25) is 4.79 Å². The number of carbonyl (C=O) groups is 1. The molecule has 23 heavy (non-hydrogen) atoms. The SMILES string of the molecule is CCn1cc(C(=O)O)c(=O)c2cnc(N3CCNCC3)nc21.[Na+]. The molecule has 2 aromatic heterocycles. The summed E-state index contributed by atoms with van der Waals surface area (Å²) in [5, 5.41) is 12.6. The quantitative estimate of drug-likeness (QED) is 0.577. The van der Waals surface area contributed by atoms with Crippen LogP contribution < -0.4 is 45.2 Å². The van der Waals surface area contributed by atoms with E-state index in [1.54, 1.807) is 4.57 Å². The van der Waals surface area contributed by atoms with E-state index in [1.807, 2.05) is 11.8 Å². The minimum Gasteiger partial charge on any atom is -0.477 e. The second-order valence-corrected chi connectivity index (χ2v) is 5.11. The molecule has 1 fully saturated rings. The van der Waals surface area contributed by atoms with Gasteiger partial charge in [-0.25, -0.2) is 9.78 Å². The number of fused-ring (bicyclic) bond motifs is 1. The molecule has 2 N–H and O–H groups in total. The number of aromatic nitrogens is 3. The fraction of sp³-hybridized carbons (Fsp3) is 0.429. The fourth-order valence-corrected chi connectivity index (χ4v) is 2.57. The Labute approximate surface area is 154 Å². The third-order valence-electron chi connectivity index (χ3n) is 3.77. The first-order chi connectivity index (χ1) is 10.6. The number of piperazine rings is 1. The van der Waals surface area contributed by atoms with Crippen LogP contribution in [-0.4, -0.2) is 51.8 Å². The topological polar surface area (TPSA) is 100 Å². The maximum atomic E-state index is 12.2. The number of nitrogens with one attached hydrogen (secondary N) is 1. The van der Waals surface area contributed by atoms with Crippen LogP contribution >= 0.6 is 0 Å². The molecule has 3 rings (SSSR count). The molecule has 0 saturated carbocycles. The van der Waals surface area contributed by atoms with Crippen molar-refractivity contribution in [1.29, 1.82) is 0 Å². The number of anilines is 1. The molecule has 0 spiro atoms. The van der Waals surface area contributed by atoms with E-state index in [1.165, 1.54) is 12.4 Å². The van der Waals surface area contributed by atoms with E-state index in [9.17, 15) is 9.59 Å². The summed E-state index contributed by atoms with van der Waals surface area (Å²) >= 11 is 0. The van der Waals surface area contributed by atoms with Crippen LogP contribution in [0.3, 0.4) is 0 Å². The van der Waals surface area contributed by atoms with Crippen molar-refractivity contribution >= 4 is 23.0 Å². The van der Waals surface area contributed by atoms with Crippen molar-refractivity contribution in [1.82, 2.24) is 19.9 Å². The van der Waals surface area contributed by atoms with Gasteiger partial charge in [0, 0.05) is 45.1 Å². The third-order valence-corrected chi connectivity index (χ3v) is 3.77.